The van der Waals surface area contributed by atoms with Crippen LogP contribution in [0.15, 0.2) is 30.3 Å². The Morgan fingerprint density at radius 2 is 1.75 bits per heavy atom. The summed E-state index contributed by atoms with van der Waals surface area (Å²) < 4.78 is 0. The van der Waals surface area contributed by atoms with Crippen LogP contribution in [0.2, 0.25) is 5.02 Å². The van der Waals surface area contributed by atoms with Crippen LogP contribution in [0.25, 0.3) is 17.2 Å². The van der Waals surface area contributed by atoms with Crippen LogP contribution in [-0.4, -0.2) is 0 Å². The predicted octanol–water partition coefficient (Wildman–Crippen LogP) is 4.65. The molecule has 2 N–H and O–H groups in total. The lowest BCUT2D eigenvalue weighted by Crippen LogP contribution is -2.10. The average molecular weight is 282 g/mol. The molecule has 100 valence electrons. The van der Waals surface area contributed by atoms with E-state index in [4.69, 9.17) is 17.3 Å². The Morgan fingerprint density at radius 1 is 0.900 bits per heavy atom. The van der Waals surface area contributed by atoms with Crippen molar-refractivity contribution in [2.75, 3.05) is 5.73 Å². The molecule has 0 saturated heterocycles. The quantitative estimate of drug-likeness (QED) is 0.699. The largest absolute Gasteiger partial charge is 0.399 e. The highest BCUT2D eigenvalue weighted by Gasteiger charge is 2.22. The van der Waals surface area contributed by atoms with E-state index >= 15 is 0 Å². The summed E-state index contributed by atoms with van der Waals surface area (Å²) in [6.07, 6.45) is 8.92. The van der Waals surface area contributed by atoms with Gasteiger partial charge in [0.05, 0.1) is 0 Å². The second kappa shape index (κ2) is 4.39. The normalized spacial score (nSPS) is 15.4. The summed E-state index contributed by atoms with van der Waals surface area (Å²) in [7, 11) is 0. The fraction of sp³-hybridized carbons (Fsp3) is 0.222. The molecule has 0 atom stereocenters. The lowest BCUT2D eigenvalue weighted by molar-refractivity contribution is 0.888. The maximum absolute atomic E-state index is 6.37. The molecule has 2 aliphatic carbocycles. The Kier molecular flexibility index (Phi) is 2.64. The molecule has 0 unspecified atom stereocenters. The van der Waals surface area contributed by atoms with Gasteiger partial charge in [0, 0.05) is 10.7 Å². The predicted molar refractivity (Wildman–Crippen MR) is 86.1 cm³/mol. The third kappa shape index (κ3) is 1.70. The Morgan fingerprint density at radius 3 is 2.65 bits per heavy atom. The monoisotopic (exact) mass is 281 g/mol. The number of hydrogen-bond acceptors (Lipinski definition) is 1. The molecule has 2 aromatic rings. The zero-order valence-corrected chi connectivity index (χ0v) is 12.0. The molecule has 2 aromatic carbocycles. The number of rotatable bonds is 0. The van der Waals surface area contributed by atoms with Gasteiger partial charge < -0.3 is 5.73 Å². The van der Waals surface area contributed by atoms with Crippen LogP contribution in [-0.2, 0) is 19.3 Å². The molecule has 0 radical (unpaired) electrons. The van der Waals surface area contributed by atoms with Crippen molar-refractivity contribution < 1.29 is 0 Å². The van der Waals surface area contributed by atoms with Gasteiger partial charge in [-0.25, -0.2) is 0 Å². The van der Waals surface area contributed by atoms with Crippen molar-refractivity contribution in [2.45, 2.75) is 25.7 Å². The van der Waals surface area contributed by atoms with Crippen LogP contribution in [0.4, 0.5) is 5.69 Å². The number of nitrogens with two attached hydrogens (primary N) is 1. The van der Waals surface area contributed by atoms with Crippen molar-refractivity contribution in [3.05, 3.63) is 57.6 Å². The fourth-order valence-electron chi connectivity index (χ4n) is 3.54. The van der Waals surface area contributed by atoms with E-state index in [1.54, 1.807) is 0 Å². The molecular weight excluding hydrogens is 266 g/mol. The topological polar surface area (TPSA) is 26.0 Å². The van der Waals surface area contributed by atoms with Crippen LogP contribution >= 0.6 is 11.6 Å². The summed E-state index contributed by atoms with van der Waals surface area (Å²) in [5.41, 5.74) is 14.9. The molecule has 4 rings (SSSR count). The van der Waals surface area contributed by atoms with Crippen LogP contribution < -0.4 is 5.73 Å². The van der Waals surface area contributed by atoms with Crippen molar-refractivity contribution in [1.29, 1.82) is 0 Å². The highest BCUT2D eigenvalue weighted by atomic mass is 35.5. The first-order chi connectivity index (χ1) is 9.74. The van der Waals surface area contributed by atoms with E-state index in [9.17, 15) is 0 Å². The van der Waals surface area contributed by atoms with Gasteiger partial charge in [-0.3, -0.25) is 0 Å². The minimum Gasteiger partial charge on any atom is -0.399 e. The summed E-state index contributed by atoms with van der Waals surface area (Å²) in [4.78, 5) is 0. The Hall–Kier alpha value is -1.73. The van der Waals surface area contributed by atoms with E-state index in [0.29, 0.717) is 0 Å². The van der Waals surface area contributed by atoms with Gasteiger partial charge >= 0.3 is 0 Å². The van der Waals surface area contributed by atoms with Gasteiger partial charge in [0.25, 0.3) is 0 Å². The van der Waals surface area contributed by atoms with Crippen LogP contribution in [0.5, 0.6) is 0 Å². The molecule has 0 amide bonds. The maximum Gasteiger partial charge on any atom is 0.0464 e. The summed E-state index contributed by atoms with van der Waals surface area (Å²) in [5.74, 6) is 0. The Bertz CT molecular complexity index is 744. The second-order valence-electron chi connectivity index (χ2n) is 5.63. The zero-order chi connectivity index (χ0) is 13.7. The summed E-state index contributed by atoms with van der Waals surface area (Å²) in [6.45, 7) is 0. The lowest BCUT2D eigenvalue weighted by Gasteiger charge is -2.26. The van der Waals surface area contributed by atoms with Crippen molar-refractivity contribution in [3.63, 3.8) is 0 Å². The molecule has 1 nitrogen and oxygen atoms in total. The molecule has 2 aliphatic rings. The first kappa shape index (κ1) is 12.0. The number of fused-ring (bicyclic) bond motifs is 5. The average Bonchev–Trinajstić information content (AvgIpc) is 2.46. The lowest BCUT2D eigenvalue weighted by atomic mass is 9.79. The first-order valence-electron chi connectivity index (χ1n) is 7.13. The molecule has 0 bridgehead atoms. The van der Waals surface area contributed by atoms with Gasteiger partial charge in [-0.15, -0.1) is 0 Å². The van der Waals surface area contributed by atoms with Gasteiger partial charge in [-0.2, -0.15) is 0 Å². The molecular formula is C18H16ClN. The van der Waals surface area contributed by atoms with E-state index in [1.165, 1.54) is 33.4 Å². The molecule has 0 heterocycles. The van der Waals surface area contributed by atoms with E-state index in [2.05, 4.69) is 30.4 Å². The minimum absolute atomic E-state index is 0.749. The van der Waals surface area contributed by atoms with Gasteiger partial charge in [0.1, 0.15) is 0 Å². The van der Waals surface area contributed by atoms with E-state index in [1.807, 2.05) is 6.07 Å². The van der Waals surface area contributed by atoms with Crippen molar-refractivity contribution in [3.8, 4) is 11.1 Å². The molecule has 0 saturated carbocycles. The van der Waals surface area contributed by atoms with Crippen molar-refractivity contribution in [2.24, 2.45) is 0 Å². The SMILES string of the molecule is Nc1cc(Cl)c2c(c1)-c1ccc3c(c1CC2)CCC=C3. The molecule has 2 heteroatoms. The summed E-state index contributed by atoms with van der Waals surface area (Å²) >= 11 is 6.37. The van der Waals surface area contributed by atoms with Crippen LogP contribution in [0, 0.1) is 0 Å². The molecule has 0 fully saturated rings. The third-order valence-corrected chi connectivity index (χ3v) is 4.80. The Balaban J connectivity index is 2.00. The molecule has 0 aliphatic heterocycles. The van der Waals surface area contributed by atoms with Gasteiger partial charge in [0.2, 0.25) is 0 Å². The number of halogens is 1. The number of benzene rings is 2. The van der Waals surface area contributed by atoms with Gasteiger partial charge in [-0.1, -0.05) is 35.9 Å². The van der Waals surface area contributed by atoms with Gasteiger partial charge in [0.15, 0.2) is 0 Å². The van der Waals surface area contributed by atoms with E-state index in [0.717, 1.165) is 36.4 Å². The standard InChI is InChI=1S/C18H16ClN/c19-18-10-12(20)9-17-15-6-5-11-3-1-2-4-13(11)14(15)7-8-16(17)18/h1,3,5-6,9-10H,2,4,7-8,20H2. The highest BCUT2D eigenvalue weighted by Crippen LogP contribution is 2.41. The maximum atomic E-state index is 6.37. The van der Waals surface area contributed by atoms with Crippen LogP contribution in [0.3, 0.4) is 0 Å². The summed E-state index contributed by atoms with van der Waals surface area (Å²) in [5, 5.41) is 0.809. The van der Waals surface area contributed by atoms with E-state index < -0.39 is 0 Å². The van der Waals surface area contributed by atoms with Crippen molar-refractivity contribution >= 4 is 23.4 Å². The number of allylic oxidation sites excluding steroid dienone is 1. The number of hydrogen-bond donors (Lipinski definition) is 1. The second-order valence-corrected chi connectivity index (χ2v) is 6.04. The highest BCUT2D eigenvalue weighted by molar-refractivity contribution is 6.32. The van der Waals surface area contributed by atoms with Gasteiger partial charge in [-0.05, 0) is 71.2 Å². The summed E-state index contributed by atoms with van der Waals surface area (Å²) in [6, 6.07) is 8.41. The smallest absolute Gasteiger partial charge is 0.0464 e. The van der Waals surface area contributed by atoms with Crippen molar-refractivity contribution in [1.82, 2.24) is 0 Å². The van der Waals surface area contributed by atoms with Crippen LogP contribution in [0.1, 0.15) is 28.7 Å². The van der Waals surface area contributed by atoms with E-state index in [-0.39, 0.29) is 0 Å². The number of nitrogen functional groups attached to an aromatic ring is 1. The first-order valence-corrected chi connectivity index (χ1v) is 7.51. The molecule has 0 aromatic heterocycles. The minimum atomic E-state index is 0.749. The Labute approximate surface area is 124 Å². The zero-order valence-electron chi connectivity index (χ0n) is 11.2. The molecule has 20 heavy (non-hydrogen) atoms. The number of anilines is 1. The fourth-order valence-corrected chi connectivity index (χ4v) is 3.86. The molecule has 0 spiro atoms. The third-order valence-electron chi connectivity index (χ3n) is 4.46.